The van der Waals surface area contributed by atoms with Crippen molar-refractivity contribution in [3.63, 3.8) is 0 Å². The molecule has 0 radical (unpaired) electrons. The Morgan fingerprint density at radius 3 is 2.62 bits per heavy atom. The molecular formula is C26H36ClN5O2. The number of methoxy groups -OCH3 is 1. The van der Waals surface area contributed by atoms with E-state index >= 15 is 0 Å². The molecule has 1 fully saturated rings. The number of benzene rings is 1. The zero-order valence-electron chi connectivity index (χ0n) is 20.5. The lowest BCUT2D eigenvalue weighted by atomic mass is 9.93. The van der Waals surface area contributed by atoms with Crippen molar-refractivity contribution in [1.82, 2.24) is 19.8 Å². The van der Waals surface area contributed by atoms with E-state index in [1.807, 2.05) is 29.2 Å². The number of halogens is 1. The van der Waals surface area contributed by atoms with Crippen LogP contribution in [-0.2, 0) is 16.0 Å². The Kier molecular flexibility index (Phi) is 8.40. The van der Waals surface area contributed by atoms with E-state index in [2.05, 4.69) is 33.7 Å². The Balaban J connectivity index is 1.43. The first-order chi connectivity index (χ1) is 16.5. The molecule has 1 amide bonds. The average Bonchev–Trinajstić information content (AvgIpc) is 3.25. The lowest BCUT2D eigenvalue weighted by Gasteiger charge is -2.38. The van der Waals surface area contributed by atoms with Crippen LogP contribution in [0.3, 0.4) is 0 Å². The highest BCUT2D eigenvalue weighted by Crippen LogP contribution is 2.37. The summed E-state index contributed by atoms with van der Waals surface area (Å²) in [5.41, 5.74) is 3.52. The van der Waals surface area contributed by atoms with Gasteiger partial charge in [-0.1, -0.05) is 30.7 Å². The van der Waals surface area contributed by atoms with E-state index in [1.54, 1.807) is 13.4 Å². The first-order valence-electron chi connectivity index (χ1n) is 12.3. The molecule has 34 heavy (non-hydrogen) atoms. The molecule has 184 valence electrons. The predicted octanol–water partition coefficient (Wildman–Crippen LogP) is 3.58. The van der Waals surface area contributed by atoms with Crippen LogP contribution in [0.5, 0.6) is 0 Å². The molecule has 1 aromatic carbocycles. The van der Waals surface area contributed by atoms with Gasteiger partial charge >= 0.3 is 0 Å². The Morgan fingerprint density at radius 1 is 1.18 bits per heavy atom. The molecule has 4 rings (SSSR count). The summed E-state index contributed by atoms with van der Waals surface area (Å²) in [6.45, 7) is 7.62. The monoisotopic (exact) mass is 485 g/mol. The van der Waals surface area contributed by atoms with Gasteiger partial charge in [-0.3, -0.25) is 4.79 Å². The van der Waals surface area contributed by atoms with Crippen LogP contribution in [0.1, 0.15) is 48.4 Å². The summed E-state index contributed by atoms with van der Waals surface area (Å²) in [5, 5.41) is 0.687. The van der Waals surface area contributed by atoms with Crippen molar-refractivity contribution in [3.05, 3.63) is 52.4 Å². The number of carbonyl (C=O) groups excluding carboxylic acids is 1. The van der Waals surface area contributed by atoms with E-state index in [9.17, 15) is 4.79 Å². The Hall–Kier alpha value is -2.22. The molecule has 1 aromatic heterocycles. The largest absolute Gasteiger partial charge is 0.383 e. The van der Waals surface area contributed by atoms with E-state index in [4.69, 9.17) is 16.3 Å². The van der Waals surface area contributed by atoms with Gasteiger partial charge in [-0.05, 0) is 56.5 Å². The number of likely N-dealkylation sites (N-methyl/N-ethyl adjacent to an activating group) is 1. The highest BCUT2D eigenvalue weighted by Gasteiger charge is 2.32. The number of piperazine rings is 1. The van der Waals surface area contributed by atoms with E-state index in [0.717, 1.165) is 56.8 Å². The summed E-state index contributed by atoms with van der Waals surface area (Å²) in [6.07, 6.45) is 4.63. The summed E-state index contributed by atoms with van der Waals surface area (Å²) in [4.78, 5) is 29.4. The third-order valence-corrected chi connectivity index (χ3v) is 7.44. The molecule has 1 aliphatic carbocycles. The highest BCUT2D eigenvalue weighted by molar-refractivity contribution is 6.30. The van der Waals surface area contributed by atoms with Gasteiger partial charge in [0, 0.05) is 56.1 Å². The standard InChI is InChI=1S/C26H36ClN5O2/c1-19-4-9-23-24(19)25(29-18-28-23)31-12-14-32(15-13-31)26(33)22(10-11-30(2)16-17-34-3)20-5-7-21(27)8-6-20/h5-8,18-19,22H,4,9-17H2,1-3H3/t19-,22-/m1/s1. The Morgan fingerprint density at radius 2 is 1.91 bits per heavy atom. The number of aryl methyl sites for hydroxylation is 1. The number of ether oxygens (including phenoxy) is 1. The molecular weight excluding hydrogens is 450 g/mol. The van der Waals surface area contributed by atoms with Crippen LogP contribution in [0.25, 0.3) is 0 Å². The SMILES string of the molecule is COCCN(C)CC[C@@H](C(=O)N1CCN(c2ncnc3c2[C@H](C)CC3)CC1)c1ccc(Cl)cc1. The number of nitrogens with zero attached hydrogens (tertiary/aromatic N) is 5. The maximum absolute atomic E-state index is 13.7. The quantitative estimate of drug-likeness (QED) is 0.541. The summed E-state index contributed by atoms with van der Waals surface area (Å²) in [6, 6.07) is 7.73. The minimum atomic E-state index is -0.183. The summed E-state index contributed by atoms with van der Waals surface area (Å²) in [5.74, 6) is 1.58. The van der Waals surface area contributed by atoms with Crippen LogP contribution < -0.4 is 4.90 Å². The maximum Gasteiger partial charge on any atom is 0.230 e. The summed E-state index contributed by atoms with van der Waals surface area (Å²) >= 11 is 6.12. The molecule has 0 saturated carbocycles. The topological polar surface area (TPSA) is 61.8 Å². The molecule has 2 heterocycles. The minimum Gasteiger partial charge on any atom is -0.383 e. The third-order valence-electron chi connectivity index (χ3n) is 7.19. The third kappa shape index (κ3) is 5.70. The van der Waals surface area contributed by atoms with Gasteiger partial charge in [-0.2, -0.15) is 0 Å². The molecule has 2 atom stereocenters. The number of anilines is 1. The first-order valence-corrected chi connectivity index (χ1v) is 12.7. The van der Waals surface area contributed by atoms with Gasteiger partial charge in [0.15, 0.2) is 0 Å². The second kappa shape index (κ2) is 11.5. The van der Waals surface area contributed by atoms with Crippen molar-refractivity contribution in [1.29, 1.82) is 0 Å². The number of fused-ring (bicyclic) bond motifs is 1. The zero-order valence-corrected chi connectivity index (χ0v) is 21.3. The maximum atomic E-state index is 13.7. The summed E-state index contributed by atoms with van der Waals surface area (Å²) in [7, 11) is 3.78. The van der Waals surface area contributed by atoms with Gasteiger partial charge in [-0.15, -0.1) is 0 Å². The molecule has 0 N–H and O–H groups in total. The molecule has 0 unspecified atom stereocenters. The fourth-order valence-electron chi connectivity index (χ4n) is 5.07. The van der Waals surface area contributed by atoms with Crippen LogP contribution in [0, 0.1) is 0 Å². The second-order valence-corrected chi connectivity index (χ2v) is 9.94. The highest BCUT2D eigenvalue weighted by atomic mass is 35.5. The van der Waals surface area contributed by atoms with E-state index < -0.39 is 0 Å². The molecule has 8 heteroatoms. The first kappa shape index (κ1) is 24.9. The van der Waals surface area contributed by atoms with Crippen molar-refractivity contribution < 1.29 is 9.53 Å². The fraction of sp³-hybridized carbons (Fsp3) is 0.577. The smallest absolute Gasteiger partial charge is 0.230 e. The van der Waals surface area contributed by atoms with Crippen molar-refractivity contribution >= 4 is 23.3 Å². The van der Waals surface area contributed by atoms with Crippen LogP contribution in [0.15, 0.2) is 30.6 Å². The number of aromatic nitrogens is 2. The molecule has 2 aromatic rings. The zero-order chi connectivity index (χ0) is 24.1. The van der Waals surface area contributed by atoms with Gasteiger partial charge in [0.2, 0.25) is 5.91 Å². The number of hydrogen-bond donors (Lipinski definition) is 0. The number of hydrogen-bond acceptors (Lipinski definition) is 6. The van der Waals surface area contributed by atoms with Gasteiger partial charge < -0.3 is 19.4 Å². The van der Waals surface area contributed by atoms with E-state index in [1.165, 1.54) is 11.3 Å². The van der Waals surface area contributed by atoms with Crippen molar-refractivity contribution in [3.8, 4) is 0 Å². The Bertz CT molecular complexity index is 962. The van der Waals surface area contributed by atoms with Gasteiger partial charge in [-0.25, -0.2) is 9.97 Å². The van der Waals surface area contributed by atoms with Gasteiger partial charge in [0.25, 0.3) is 0 Å². The Labute approximate surface area is 208 Å². The fourth-order valence-corrected chi connectivity index (χ4v) is 5.20. The van der Waals surface area contributed by atoms with Crippen LogP contribution in [0.2, 0.25) is 5.02 Å². The van der Waals surface area contributed by atoms with Crippen LogP contribution in [0.4, 0.5) is 5.82 Å². The van der Waals surface area contributed by atoms with Gasteiger partial charge in [0.05, 0.1) is 12.5 Å². The lowest BCUT2D eigenvalue weighted by molar-refractivity contribution is -0.133. The van der Waals surface area contributed by atoms with Crippen LogP contribution in [-0.4, -0.2) is 85.7 Å². The van der Waals surface area contributed by atoms with Crippen LogP contribution >= 0.6 is 11.6 Å². The van der Waals surface area contributed by atoms with E-state index in [-0.39, 0.29) is 11.8 Å². The minimum absolute atomic E-state index is 0.183. The number of carbonyl (C=O) groups is 1. The number of amides is 1. The average molecular weight is 486 g/mol. The molecule has 1 aliphatic heterocycles. The molecule has 0 bridgehead atoms. The molecule has 7 nitrogen and oxygen atoms in total. The van der Waals surface area contributed by atoms with Crippen molar-refractivity contribution in [2.24, 2.45) is 0 Å². The van der Waals surface area contributed by atoms with Crippen molar-refractivity contribution in [2.75, 3.05) is 64.9 Å². The number of rotatable bonds is 9. The lowest BCUT2D eigenvalue weighted by Crippen LogP contribution is -2.50. The molecule has 2 aliphatic rings. The second-order valence-electron chi connectivity index (χ2n) is 9.50. The van der Waals surface area contributed by atoms with Gasteiger partial charge in [0.1, 0.15) is 12.1 Å². The molecule has 1 saturated heterocycles. The molecule has 0 spiro atoms. The van der Waals surface area contributed by atoms with E-state index in [0.29, 0.717) is 30.6 Å². The summed E-state index contributed by atoms with van der Waals surface area (Å²) < 4.78 is 5.20. The normalized spacial score (nSPS) is 18.9. The van der Waals surface area contributed by atoms with Crippen molar-refractivity contribution in [2.45, 2.75) is 38.0 Å². The predicted molar refractivity (Wildman–Crippen MR) is 136 cm³/mol.